The third-order valence-corrected chi connectivity index (χ3v) is 3.35. The molecular formula is C15H19NO3. The van der Waals surface area contributed by atoms with Gasteiger partial charge in [0.1, 0.15) is 6.04 Å². The number of hydrogen-bond donors (Lipinski definition) is 2. The van der Waals surface area contributed by atoms with Crippen LogP contribution in [0.3, 0.4) is 0 Å². The van der Waals surface area contributed by atoms with Gasteiger partial charge in [-0.15, -0.1) is 0 Å². The highest BCUT2D eigenvalue weighted by Gasteiger charge is 2.30. The van der Waals surface area contributed by atoms with Crippen molar-refractivity contribution in [2.45, 2.75) is 39.2 Å². The number of carbonyl (C=O) groups is 2. The highest BCUT2D eigenvalue weighted by Crippen LogP contribution is 2.33. The van der Waals surface area contributed by atoms with Crippen LogP contribution in [0.25, 0.3) is 0 Å². The predicted octanol–water partition coefficient (Wildman–Crippen LogP) is 2.29. The summed E-state index contributed by atoms with van der Waals surface area (Å²) in [6, 6.07) is 4.76. The van der Waals surface area contributed by atoms with Crippen molar-refractivity contribution < 1.29 is 14.7 Å². The van der Waals surface area contributed by atoms with Gasteiger partial charge in [0.25, 0.3) is 5.91 Å². The fourth-order valence-corrected chi connectivity index (χ4v) is 2.26. The summed E-state index contributed by atoms with van der Waals surface area (Å²) in [4.78, 5) is 23.2. The molecule has 0 radical (unpaired) electrons. The molecule has 1 atom stereocenters. The molecule has 1 saturated carbocycles. The summed E-state index contributed by atoms with van der Waals surface area (Å²) in [6.07, 6.45) is 2.68. The standard InChI is InChI=1S/C15H19NO3/c1-9-5-10(2)7-12(6-9)14(17)16-13(15(18)19)8-11-3-4-11/h5-7,11,13H,3-4,8H2,1-2H3,(H,16,17)(H,18,19)/t13-/m1/s1. The number of amides is 1. The van der Waals surface area contributed by atoms with E-state index in [0.29, 0.717) is 17.9 Å². The minimum absolute atomic E-state index is 0.306. The molecule has 1 aromatic carbocycles. The molecule has 2 N–H and O–H groups in total. The van der Waals surface area contributed by atoms with Crippen LogP contribution >= 0.6 is 0 Å². The van der Waals surface area contributed by atoms with Crippen LogP contribution in [0.4, 0.5) is 0 Å². The highest BCUT2D eigenvalue weighted by molar-refractivity contribution is 5.96. The Morgan fingerprint density at radius 1 is 1.26 bits per heavy atom. The number of aliphatic carboxylic acids is 1. The minimum Gasteiger partial charge on any atom is -0.480 e. The van der Waals surface area contributed by atoms with E-state index >= 15 is 0 Å². The highest BCUT2D eigenvalue weighted by atomic mass is 16.4. The molecule has 0 heterocycles. The third-order valence-electron chi connectivity index (χ3n) is 3.35. The third kappa shape index (κ3) is 3.81. The van der Waals surface area contributed by atoms with Gasteiger partial charge < -0.3 is 10.4 Å². The molecule has 0 saturated heterocycles. The molecule has 102 valence electrons. The van der Waals surface area contributed by atoms with Crippen molar-refractivity contribution in [2.75, 3.05) is 0 Å². The molecule has 0 aliphatic heterocycles. The zero-order valence-corrected chi connectivity index (χ0v) is 11.3. The maximum absolute atomic E-state index is 12.1. The van der Waals surface area contributed by atoms with Gasteiger partial charge in [0, 0.05) is 5.56 Å². The number of benzene rings is 1. The van der Waals surface area contributed by atoms with Gasteiger partial charge in [0.2, 0.25) is 0 Å². The molecule has 4 heteroatoms. The van der Waals surface area contributed by atoms with Crippen LogP contribution in [0.1, 0.15) is 40.7 Å². The molecule has 0 unspecified atom stereocenters. The molecule has 4 nitrogen and oxygen atoms in total. The summed E-state index contributed by atoms with van der Waals surface area (Å²) in [5, 5.41) is 11.8. The van der Waals surface area contributed by atoms with E-state index in [2.05, 4.69) is 5.32 Å². The first kappa shape index (κ1) is 13.6. The SMILES string of the molecule is Cc1cc(C)cc(C(=O)N[C@H](CC2CC2)C(=O)O)c1. The Kier molecular flexibility index (Phi) is 3.88. The summed E-state index contributed by atoms with van der Waals surface area (Å²) in [7, 11) is 0. The smallest absolute Gasteiger partial charge is 0.326 e. The van der Waals surface area contributed by atoms with E-state index in [0.717, 1.165) is 24.0 Å². The molecular weight excluding hydrogens is 242 g/mol. The van der Waals surface area contributed by atoms with Crippen LogP contribution in [0.2, 0.25) is 0 Å². The maximum atomic E-state index is 12.1. The zero-order valence-electron chi connectivity index (χ0n) is 11.3. The predicted molar refractivity (Wildman–Crippen MR) is 72.1 cm³/mol. The van der Waals surface area contributed by atoms with E-state index in [4.69, 9.17) is 5.11 Å². The van der Waals surface area contributed by atoms with Crippen molar-refractivity contribution in [1.82, 2.24) is 5.32 Å². The van der Waals surface area contributed by atoms with Crippen LogP contribution in [-0.4, -0.2) is 23.0 Å². The van der Waals surface area contributed by atoms with Gasteiger partial charge in [-0.25, -0.2) is 4.79 Å². The van der Waals surface area contributed by atoms with E-state index in [1.54, 1.807) is 12.1 Å². The molecule has 2 rings (SSSR count). The van der Waals surface area contributed by atoms with Crippen molar-refractivity contribution in [2.24, 2.45) is 5.92 Å². The lowest BCUT2D eigenvalue weighted by molar-refractivity contribution is -0.139. The molecule has 1 aliphatic carbocycles. The molecule has 1 fully saturated rings. The Bertz CT molecular complexity index is 486. The molecule has 1 amide bonds. The van der Waals surface area contributed by atoms with Gasteiger partial charge in [-0.1, -0.05) is 30.0 Å². The van der Waals surface area contributed by atoms with E-state index < -0.39 is 12.0 Å². The van der Waals surface area contributed by atoms with E-state index in [-0.39, 0.29) is 5.91 Å². The minimum atomic E-state index is -0.954. The Hall–Kier alpha value is -1.84. The summed E-state index contributed by atoms with van der Waals surface area (Å²) >= 11 is 0. The van der Waals surface area contributed by atoms with Crippen molar-refractivity contribution in [1.29, 1.82) is 0 Å². The number of hydrogen-bond acceptors (Lipinski definition) is 2. The quantitative estimate of drug-likeness (QED) is 0.854. The largest absolute Gasteiger partial charge is 0.480 e. The molecule has 1 aromatic rings. The van der Waals surface area contributed by atoms with Crippen LogP contribution in [-0.2, 0) is 4.79 Å². The zero-order chi connectivity index (χ0) is 14.0. The molecule has 0 aromatic heterocycles. The van der Waals surface area contributed by atoms with Gasteiger partial charge in [-0.05, 0) is 38.3 Å². The normalized spacial score (nSPS) is 15.9. The average molecular weight is 261 g/mol. The topological polar surface area (TPSA) is 66.4 Å². The van der Waals surface area contributed by atoms with Gasteiger partial charge in [-0.2, -0.15) is 0 Å². The van der Waals surface area contributed by atoms with Crippen molar-refractivity contribution in [3.8, 4) is 0 Å². The summed E-state index contributed by atoms with van der Waals surface area (Å²) < 4.78 is 0. The molecule has 1 aliphatic rings. The Morgan fingerprint density at radius 2 is 1.84 bits per heavy atom. The van der Waals surface area contributed by atoms with E-state index in [9.17, 15) is 9.59 Å². The molecule has 19 heavy (non-hydrogen) atoms. The average Bonchev–Trinajstić information content (AvgIpc) is 3.10. The van der Waals surface area contributed by atoms with Crippen molar-refractivity contribution in [3.05, 3.63) is 34.9 Å². The molecule has 0 bridgehead atoms. The first-order valence-corrected chi connectivity index (χ1v) is 6.57. The van der Waals surface area contributed by atoms with Gasteiger partial charge >= 0.3 is 5.97 Å². The number of carboxylic acids is 1. The Balaban J connectivity index is 2.07. The maximum Gasteiger partial charge on any atom is 0.326 e. The first-order valence-electron chi connectivity index (χ1n) is 6.57. The monoisotopic (exact) mass is 261 g/mol. The Morgan fingerprint density at radius 3 is 2.32 bits per heavy atom. The number of carbonyl (C=O) groups excluding carboxylic acids is 1. The second kappa shape index (κ2) is 5.43. The summed E-state index contributed by atoms with van der Waals surface area (Å²) in [6.45, 7) is 3.84. The number of rotatable bonds is 5. The van der Waals surface area contributed by atoms with E-state index in [1.807, 2.05) is 19.9 Å². The summed E-state index contributed by atoms with van der Waals surface area (Å²) in [5.41, 5.74) is 2.53. The lowest BCUT2D eigenvalue weighted by Gasteiger charge is -2.14. The number of carboxylic acid groups (broad SMARTS) is 1. The van der Waals surface area contributed by atoms with E-state index in [1.165, 1.54) is 0 Å². The van der Waals surface area contributed by atoms with Crippen LogP contribution < -0.4 is 5.32 Å². The lowest BCUT2D eigenvalue weighted by Crippen LogP contribution is -2.41. The van der Waals surface area contributed by atoms with Crippen LogP contribution in [0.5, 0.6) is 0 Å². The Labute approximate surface area is 112 Å². The second-order valence-electron chi connectivity index (χ2n) is 5.42. The van der Waals surface area contributed by atoms with Gasteiger partial charge in [0.05, 0.1) is 0 Å². The van der Waals surface area contributed by atoms with Crippen LogP contribution in [0.15, 0.2) is 18.2 Å². The fourth-order valence-electron chi connectivity index (χ4n) is 2.26. The summed E-state index contributed by atoms with van der Waals surface area (Å²) in [5.74, 6) is -0.801. The van der Waals surface area contributed by atoms with Gasteiger partial charge in [0.15, 0.2) is 0 Å². The van der Waals surface area contributed by atoms with Crippen molar-refractivity contribution in [3.63, 3.8) is 0 Å². The van der Waals surface area contributed by atoms with Crippen molar-refractivity contribution >= 4 is 11.9 Å². The second-order valence-corrected chi connectivity index (χ2v) is 5.42. The van der Waals surface area contributed by atoms with Crippen LogP contribution in [0, 0.1) is 19.8 Å². The fraction of sp³-hybridized carbons (Fsp3) is 0.467. The lowest BCUT2D eigenvalue weighted by atomic mass is 10.1. The first-order chi connectivity index (χ1) is 8.95. The number of aryl methyl sites for hydroxylation is 2. The van der Waals surface area contributed by atoms with Gasteiger partial charge in [-0.3, -0.25) is 4.79 Å². The number of nitrogens with one attached hydrogen (secondary N) is 1. The molecule has 0 spiro atoms.